The molecule has 0 spiro atoms. The molecule has 3 aliphatic rings. The summed E-state index contributed by atoms with van der Waals surface area (Å²) in [5.41, 5.74) is 0.607. The molecule has 2 aliphatic carbocycles. The number of nitrogens with zero attached hydrogens (tertiary/aromatic N) is 3. The van der Waals surface area contributed by atoms with Crippen LogP contribution in [0.3, 0.4) is 0 Å². The van der Waals surface area contributed by atoms with Crippen LogP contribution in [0.15, 0.2) is 33.9 Å². The lowest BCUT2D eigenvalue weighted by atomic mass is 9.94. The molecule has 1 aromatic rings. The van der Waals surface area contributed by atoms with Gasteiger partial charge in [-0.3, -0.25) is 0 Å². The van der Waals surface area contributed by atoms with E-state index in [-0.39, 0.29) is 11.4 Å². The molecule has 1 aromatic heterocycles. The highest BCUT2D eigenvalue weighted by Gasteiger charge is 2.48. The van der Waals surface area contributed by atoms with Gasteiger partial charge < -0.3 is 4.42 Å². The first kappa shape index (κ1) is 18.8. The average molecular weight is 405 g/mol. The van der Waals surface area contributed by atoms with Gasteiger partial charge in [0, 0.05) is 5.54 Å². The number of allylic oxidation sites excluding steroid dienone is 2. The molecular weight excluding hydrogens is 384 g/mol. The van der Waals surface area contributed by atoms with E-state index in [1.165, 1.54) is 29.2 Å². The summed E-state index contributed by atoms with van der Waals surface area (Å²) in [5, 5.41) is 0. The van der Waals surface area contributed by atoms with Crippen molar-refractivity contribution < 1.29 is 27.0 Å². The van der Waals surface area contributed by atoms with Gasteiger partial charge in [-0.1, -0.05) is 0 Å². The molecule has 1 saturated carbocycles. The van der Waals surface area contributed by atoms with E-state index in [9.17, 15) is 18.0 Å². The van der Waals surface area contributed by atoms with Crippen LogP contribution in [-0.4, -0.2) is 53.1 Å². The van der Waals surface area contributed by atoms with Crippen molar-refractivity contribution in [2.24, 2.45) is 5.92 Å². The predicted molar refractivity (Wildman–Crippen MR) is 98.8 cm³/mol. The molecule has 0 saturated heterocycles. The first-order valence-electron chi connectivity index (χ1n) is 8.90. The Morgan fingerprint density at radius 1 is 1.36 bits per heavy atom. The lowest BCUT2D eigenvalue weighted by Crippen LogP contribution is -2.53. The molecule has 10 heteroatoms. The number of hydrogen-bond donors (Lipinski definition) is 1. The number of carbonyl (C=O) groups excluding carboxylic acids is 2. The molecule has 1 fully saturated rings. The number of oxazole rings is 1. The van der Waals surface area contributed by atoms with E-state index in [0.717, 1.165) is 17.7 Å². The number of imide groups is 1. The Morgan fingerprint density at radius 2 is 2.07 bits per heavy atom. The molecule has 148 valence electrons. The van der Waals surface area contributed by atoms with E-state index in [2.05, 4.69) is 9.71 Å². The average Bonchev–Trinajstić information content (AvgIpc) is 3.22. The van der Waals surface area contributed by atoms with Crippen molar-refractivity contribution in [3.05, 3.63) is 41.0 Å². The number of hydrogen-bond acceptors (Lipinski definition) is 6. The Balaban J connectivity index is 1.67. The van der Waals surface area contributed by atoms with Crippen LogP contribution >= 0.6 is 0 Å². The fourth-order valence-corrected chi connectivity index (χ4v) is 4.80. The molecule has 0 aromatic carbocycles. The summed E-state index contributed by atoms with van der Waals surface area (Å²) in [7, 11) is -2.20. The van der Waals surface area contributed by atoms with Crippen molar-refractivity contribution in [3.8, 4) is 0 Å². The second-order valence-corrected chi connectivity index (χ2v) is 9.28. The predicted octanol–water partition coefficient (Wildman–Crippen LogP) is 1.07. The van der Waals surface area contributed by atoms with Gasteiger partial charge in [0.2, 0.25) is 10.0 Å². The van der Waals surface area contributed by atoms with Crippen LogP contribution < -0.4 is 4.72 Å². The zero-order valence-corrected chi connectivity index (χ0v) is 16.6. The maximum Gasteiger partial charge on any atom is 0.501 e. The van der Waals surface area contributed by atoms with Gasteiger partial charge >= 0.3 is 11.9 Å². The topological polar surface area (TPSA) is 113 Å². The normalized spacial score (nSPS) is 23.8. The Hall–Kier alpha value is -2.59. The summed E-state index contributed by atoms with van der Waals surface area (Å²) in [5.74, 6) is -0.955. The van der Waals surface area contributed by atoms with Gasteiger partial charge in [0.25, 0.3) is 0 Å². The van der Waals surface area contributed by atoms with Gasteiger partial charge in [-0.2, -0.15) is 14.3 Å². The molecule has 9 nitrogen and oxygen atoms in total. The van der Waals surface area contributed by atoms with Crippen LogP contribution in [0.1, 0.15) is 31.2 Å². The van der Waals surface area contributed by atoms with Crippen molar-refractivity contribution in [2.75, 3.05) is 7.05 Å². The van der Waals surface area contributed by atoms with E-state index in [0.29, 0.717) is 17.2 Å². The van der Waals surface area contributed by atoms with Crippen molar-refractivity contribution in [2.45, 2.75) is 38.8 Å². The minimum Gasteiger partial charge on any atom is -0.444 e. The molecule has 2 heterocycles. The Kier molecular flexibility index (Phi) is 4.16. The van der Waals surface area contributed by atoms with Crippen molar-refractivity contribution in [3.63, 3.8) is 0 Å². The summed E-state index contributed by atoms with van der Waals surface area (Å²) < 4.78 is 34.6. The van der Waals surface area contributed by atoms with Gasteiger partial charge in [0.05, 0.1) is 17.6 Å². The molecule has 4 rings (SSSR count). The highest BCUT2D eigenvalue weighted by atomic mass is 32.2. The maximum atomic E-state index is 13.0. The Labute approximate surface area is 162 Å². The Bertz CT molecular complexity index is 1080. The van der Waals surface area contributed by atoms with Crippen molar-refractivity contribution >= 4 is 27.7 Å². The van der Waals surface area contributed by atoms with Gasteiger partial charge in [-0.15, -0.1) is 0 Å². The van der Waals surface area contributed by atoms with Crippen molar-refractivity contribution in [1.29, 1.82) is 0 Å². The maximum absolute atomic E-state index is 13.0. The number of nitrogens with one attached hydrogen (secondary N) is 1. The first-order chi connectivity index (χ1) is 13.1. The standard InChI is InChI=1S/C18H21N4O5S/c1-11-15(27-10-19-11)9-22-16(23)13-8-12(4-5-14(13)21(3)17(22)24)28(25,26)20-18(2)6-7-18/h4-5,8,10,13,20H,6-7,9H2,1-3H3/q+1. The lowest BCUT2D eigenvalue weighted by molar-refractivity contribution is -0.406. The summed E-state index contributed by atoms with van der Waals surface area (Å²) >= 11 is 0. The number of rotatable bonds is 5. The fourth-order valence-electron chi connectivity index (χ4n) is 3.27. The minimum absolute atomic E-state index is 0.0290. The van der Waals surface area contributed by atoms with Gasteiger partial charge in [-0.25, -0.2) is 22.9 Å². The monoisotopic (exact) mass is 405 g/mol. The third kappa shape index (κ3) is 3.12. The second-order valence-electron chi connectivity index (χ2n) is 7.60. The molecule has 1 unspecified atom stereocenters. The van der Waals surface area contributed by atoms with E-state index in [1.54, 1.807) is 14.0 Å². The third-order valence-electron chi connectivity index (χ3n) is 5.34. The number of aromatic nitrogens is 1. The molecule has 1 atom stereocenters. The largest absolute Gasteiger partial charge is 0.501 e. The van der Waals surface area contributed by atoms with Crippen LogP contribution in [0.4, 0.5) is 4.79 Å². The SMILES string of the molecule is Cc1ncoc1CN1C(=O)C2C=C(S(=O)(=O)NC3(C)CC3)C=CC2=[N+](C)C1=O. The summed E-state index contributed by atoms with van der Waals surface area (Å²) in [6, 6.07) is -0.500. The van der Waals surface area contributed by atoms with Crippen LogP contribution in [0, 0.1) is 12.8 Å². The quantitative estimate of drug-likeness (QED) is 0.734. The number of aryl methyl sites for hydroxylation is 1. The summed E-state index contributed by atoms with van der Waals surface area (Å²) in [6.45, 7) is 3.50. The fraction of sp³-hybridized carbons (Fsp3) is 0.444. The number of fused-ring (bicyclic) bond motifs is 1. The lowest BCUT2D eigenvalue weighted by Gasteiger charge is -2.26. The zero-order valence-electron chi connectivity index (χ0n) is 15.8. The third-order valence-corrected chi connectivity index (χ3v) is 7.00. The Morgan fingerprint density at radius 3 is 2.68 bits per heavy atom. The van der Waals surface area contributed by atoms with Gasteiger partial charge in [0.15, 0.2) is 18.7 Å². The van der Waals surface area contributed by atoms with Crippen LogP contribution in [0.2, 0.25) is 0 Å². The second kappa shape index (κ2) is 6.21. The molecule has 3 amide bonds. The molecule has 1 aliphatic heterocycles. The highest BCUT2D eigenvalue weighted by molar-refractivity contribution is 7.93. The number of sulfonamides is 1. The van der Waals surface area contributed by atoms with Gasteiger partial charge in [-0.05, 0) is 44.9 Å². The van der Waals surface area contributed by atoms with E-state index in [1.807, 2.05) is 6.92 Å². The smallest absolute Gasteiger partial charge is 0.444 e. The highest BCUT2D eigenvalue weighted by Crippen LogP contribution is 2.36. The van der Waals surface area contributed by atoms with Gasteiger partial charge in [0.1, 0.15) is 11.6 Å². The zero-order chi connectivity index (χ0) is 20.3. The van der Waals surface area contributed by atoms with Crippen LogP contribution in [0.25, 0.3) is 0 Å². The van der Waals surface area contributed by atoms with E-state index in [4.69, 9.17) is 4.42 Å². The van der Waals surface area contributed by atoms with Crippen molar-refractivity contribution in [1.82, 2.24) is 14.6 Å². The molecule has 28 heavy (non-hydrogen) atoms. The number of amides is 3. The molecule has 0 radical (unpaired) electrons. The number of urea groups is 1. The van der Waals surface area contributed by atoms with Crippen LogP contribution in [0.5, 0.6) is 0 Å². The van der Waals surface area contributed by atoms with E-state index < -0.39 is 33.4 Å². The first-order valence-corrected chi connectivity index (χ1v) is 10.4. The molecule has 1 N–H and O–H groups in total. The summed E-state index contributed by atoms with van der Waals surface area (Å²) in [6.07, 6.45) is 7.15. The van der Waals surface area contributed by atoms with Crippen LogP contribution in [-0.2, 0) is 21.4 Å². The molecular formula is C18H21N4O5S+. The van der Waals surface area contributed by atoms with E-state index >= 15 is 0 Å². The number of carbonyl (C=O) groups is 2. The minimum atomic E-state index is -3.75. The molecule has 0 bridgehead atoms. The summed E-state index contributed by atoms with van der Waals surface area (Å²) in [4.78, 5) is 30.7.